The Morgan fingerprint density at radius 3 is 2.47 bits per heavy atom. The molecule has 96 valence electrons. The van der Waals surface area contributed by atoms with Gasteiger partial charge in [0.2, 0.25) is 5.79 Å². The van der Waals surface area contributed by atoms with E-state index in [1.807, 2.05) is 0 Å². The molecule has 5 atom stereocenters. The van der Waals surface area contributed by atoms with Crippen LogP contribution in [0.5, 0.6) is 0 Å². The highest BCUT2D eigenvalue weighted by atomic mass is 16.7. The van der Waals surface area contributed by atoms with E-state index in [9.17, 15) is 24.9 Å². The van der Waals surface area contributed by atoms with Crippen LogP contribution in [0.1, 0.15) is 12.8 Å². The van der Waals surface area contributed by atoms with E-state index in [1.165, 1.54) is 0 Å². The zero-order valence-corrected chi connectivity index (χ0v) is 8.78. The third-order valence-corrected chi connectivity index (χ3v) is 2.97. The van der Waals surface area contributed by atoms with E-state index in [0.717, 1.165) is 0 Å². The lowest BCUT2D eigenvalue weighted by Gasteiger charge is -2.34. The molecule has 8 nitrogen and oxygen atoms in total. The Balaban J connectivity index is 2.31. The van der Waals surface area contributed by atoms with Gasteiger partial charge in [-0.2, -0.15) is 0 Å². The van der Waals surface area contributed by atoms with Crippen LogP contribution < -0.4 is 5.73 Å². The normalized spacial score (nSPS) is 46.6. The van der Waals surface area contributed by atoms with Crippen molar-refractivity contribution in [3.8, 4) is 0 Å². The summed E-state index contributed by atoms with van der Waals surface area (Å²) in [5.41, 5.74) is 5.61. The quantitative estimate of drug-likeness (QED) is 0.332. The molecule has 1 saturated carbocycles. The molecule has 0 amide bonds. The van der Waals surface area contributed by atoms with Gasteiger partial charge in [0.25, 0.3) is 0 Å². The predicted octanol–water partition coefficient (Wildman–Crippen LogP) is -3.01. The van der Waals surface area contributed by atoms with E-state index in [1.54, 1.807) is 0 Å². The number of esters is 2. The molecule has 2 rings (SSSR count). The molecule has 3 unspecified atom stereocenters. The van der Waals surface area contributed by atoms with Crippen molar-refractivity contribution in [2.75, 3.05) is 0 Å². The highest BCUT2D eigenvalue weighted by Crippen LogP contribution is 2.34. The van der Waals surface area contributed by atoms with Gasteiger partial charge in [-0.05, 0) is 6.42 Å². The predicted molar refractivity (Wildman–Crippen MR) is 50.1 cm³/mol. The van der Waals surface area contributed by atoms with Crippen molar-refractivity contribution in [1.29, 1.82) is 0 Å². The van der Waals surface area contributed by atoms with Crippen LogP contribution in [0.4, 0.5) is 0 Å². The topological polar surface area (TPSA) is 139 Å². The molecule has 0 bridgehead atoms. The van der Waals surface area contributed by atoms with E-state index in [2.05, 4.69) is 4.74 Å². The number of nitrogens with two attached hydrogens (primary N) is 1. The zero-order valence-electron chi connectivity index (χ0n) is 8.78. The second-order valence-corrected chi connectivity index (χ2v) is 4.22. The summed E-state index contributed by atoms with van der Waals surface area (Å²) in [4.78, 5) is 22.7. The minimum absolute atomic E-state index is 0.000663. The van der Waals surface area contributed by atoms with Gasteiger partial charge in [-0.3, -0.25) is 0 Å². The lowest BCUT2D eigenvalue weighted by molar-refractivity contribution is -0.263. The van der Waals surface area contributed by atoms with Crippen LogP contribution in [0.3, 0.4) is 0 Å². The first kappa shape index (κ1) is 12.2. The highest BCUT2D eigenvalue weighted by Gasteiger charge is 2.55. The smallest absolute Gasteiger partial charge is 0.341 e. The van der Waals surface area contributed by atoms with Crippen LogP contribution >= 0.6 is 0 Å². The van der Waals surface area contributed by atoms with Gasteiger partial charge >= 0.3 is 11.9 Å². The average molecular weight is 247 g/mol. The maximum absolute atomic E-state index is 11.3. The number of ether oxygens (including phenoxy) is 2. The van der Waals surface area contributed by atoms with Crippen molar-refractivity contribution in [2.24, 2.45) is 5.73 Å². The molecular formula is C9H13NO7. The number of fused-ring (bicyclic) bond motifs is 1. The first-order chi connectivity index (χ1) is 7.85. The van der Waals surface area contributed by atoms with Crippen LogP contribution in [0, 0.1) is 0 Å². The number of carbonyl (C=O) groups excluding carboxylic acids is 2. The Morgan fingerprint density at radius 2 is 1.82 bits per heavy atom. The Bertz CT molecular complexity index is 359. The van der Waals surface area contributed by atoms with E-state index >= 15 is 0 Å². The van der Waals surface area contributed by atoms with E-state index in [4.69, 9.17) is 10.5 Å². The van der Waals surface area contributed by atoms with Crippen molar-refractivity contribution in [1.82, 2.24) is 0 Å². The summed E-state index contributed by atoms with van der Waals surface area (Å²) in [6.45, 7) is 0. The number of hydrogen-bond acceptors (Lipinski definition) is 8. The number of carbonyl (C=O) groups is 2. The monoisotopic (exact) mass is 247 g/mol. The van der Waals surface area contributed by atoms with Gasteiger partial charge in [-0.1, -0.05) is 0 Å². The second-order valence-electron chi connectivity index (χ2n) is 4.22. The molecule has 0 radical (unpaired) electrons. The van der Waals surface area contributed by atoms with Gasteiger partial charge in [0.05, 0.1) is 0 Å². The molecule has 1 saturated heterocycles. The van der Waals surface area contributed by atoms with Crippen LogP contribution in [0.15, 0.2) is 0 Å². The molecule has 17 heavy (non-hydrogen) atoms. The van der Waals surface area contributed by atoms with Crippen molar-refractivity contribution >= 4 is 11.9 Å². The standard InChI is InChI=1S/C9H13NO7/c10-3-1-2-9(15)6(3)16-7(13)4(11)5(12)8(14)17-9/h3-6,11-12,15H,1-2,10H2/t3-,4?,5?,6?,9+/m0/s1. The largest absolute Gasteiger partial charge is 0.452 e. The van der Waals surface area contributed by atoms with Crippen LogP contribution in [-0.4, -0.2) is 57.4 Å². The first-order valence-corrected chi connectivity index (χ1v) is 5.12. The maximum atomic E-state index is 11.3. The minimum atomic E-state index is -2.08. The number of rotatable bonds is 0. The summed E-state index contributed by atoms with van der Waals surface area (Å²) in [6, 6.07) is -0.695. The fourth-order valence-corrected chi connectivity index (χ4v) is 1.98. The number of aliphatic hydroxyl groups excluding tert-OH is 2. The van der Waals surface area contributed by atoms with Crippen molar-refractivity contribution < 1.29 is 34.4 Å². The van der Waals surface area contributed by atoms with Gasteiger partial charge < -0.3 is 30.5 Å². The van der Waals surface area contributed by atoms with E-state index in [-0.39, 0.29) is 12.8 Å². The third-order valence-electron chi connectivity index (χ3n) is 2.97. The molecule has 2 aliphatic rings. The molecular weight excluding hydrogens is 234 g/mol. The van der Waals surface area contributed by atoms with Crippen molar-refractivity contribution in [3.05, 3.63) is 0 Å². The summed E-state index contributed by atoms with van der Waals surface area (Å²) in [7, 11) is 0. The van der Waals surface area contributed by atoms with Crippen LogP contribution in [0.25, 0.3) is 0 Å². The van der Waals surface area contributed by atoms with Crippen molar-refractivity contribution in [2.45, 2.75) is 43.0 Å². The molecule has 0 spiro atoms. The highest BCUT2D eigenvalue weighted by molar-refractivity contribution is 5.86. The summed E-state index contributed by atoms with van der Waals surface area (Å²) in [6.07, 6.45) is -5.07. The maximum Gasteiger partial charge on any atom is 0.341 e. The lowest BCUT2D eigenvalue weighted by Crippen LogP contribution is -2.57. The number of hydrogen-bond donors (Lipinski definition) is 4. The van der Waals surface area contributed by atoms with Gasteiger partial charge in [0.1, 0.15) is 0 Å². The number of aliphatic hydroxyl groups is 3. The van der Waals surface area contributed by atoms with E-state index < -0.39 is 42.1 Å². The summed E-state index contributed by atoms with van der Waals surface area (Å²) in [5, 5.41) is 28.5. The van der Waals surface area contributed by atoms with Crippen LogP contribution in [0.2, 0.25) is 0 Å². The molecule has 0 aromatic rings. The molecule has 1 heterocycles. The molecule has 1 aliphatic carbocycles. The molecule has 2 fully saturated rings. The SMILES string of the molecule is N[C@H]1CC[C@@]2(O)OC(=O)C(O)C(O)C(=O)OC12. The zero-order chi connectivity index (χ0) is 12.8. The fraction of sp³-hybridized carbons (Fsp3) is 0.778. The van der Waals surface area contributed by atoms with Crippen molar-refractivity contribution in [3.63, 3.8) is 0 Å². The third kappa shape index (κ3) is 1.89. The Kier molecular flexibility index (Phi) is 2.82. The molecule has 5 N–H and O–H groups in total. The molecule has 1 aliphatic heterocycles. The minimum Gasteiger partial charge on any atom is -0.452 e. The first-order valence-electron chi connectivity index (χ1n) is 5.12. The van der Waals surface area contributed by atoms with Gasteiger partial charge in [-0.25, -0.2) is 9.59 Å². The fourth-order valence-electron chi connectivity index (χ4n) is 1.98. The molecule has 8 heteroatoms. The average Bonchev–Trinajstić information content (AvgIpc) is 2.54. The van der Waals surface area contributed by atoms with E-state index in [0.29, 0.717) is 0 Å². The Morgan fingerprint density at radius 1 is 1.24 bits per heavy atom. The summed E-state index contributed by atoms with van der Waals surface area (Å²) < 4.78 is 9.41. The van der Waals surface area contributed by atoms with Crippen LogP contribution in [-0.2, 0) is 19.1 Å². The van der Waals surface area contributed by atoms with Gasteiger partial charge in [-0.15, -0.1) is 0 Å². The summed E-state index contributed by atoms with van der Waals surface area (Å²) in [5.74, 6) is -4.53. The molecule has 0 aromatic heterocycles. The van der Waals surface area contributed by atoms with Gasteiger partial charge in [0, 0.05) is 12.5 Å². The Hall–Kier alpha value is -1.22. The summed E-state index contributed by atoms with van der Waals surface area (Å²) >= 11 is 0. The Labute approximate surface area is 95.9 Å². The lowest BCUT2D eigenvalue weighted by atomic mass is 10.1. The molecule has 0 aromatic carbocycles. The van der Waals surface area contributed by atoms with Gasteiger partial charge in [0.15, 0.2) is 18.3 Å². The second kappa shape index (κ2) is 3.91.